The van der Waals surface area contributed by atoms with Crippen LogP contribution in [0.25, 0.3) is 0 Å². The maximum absolute atomic E-state index is 11.7. The van der Waals surface area contributed by atoms with Gasteiger partial charge in [-0.2, -0.15) is 13.2 Å². The number of sulfone groups is 1. The summed E-state index contributed by atoms with van der Waals surface area (Å²) in [6.45, 7) is 0.940. The van der Waals surface area contributed by atoms with Crippen LogP contribution >= 0.6 is 0 Å². The van der Waals surface area contributed by atoms with E-state index in [9.17, 15) is 26.4 Å². The molecule has 4 nitrogen and oxygen atoms in total. The lowest BCUT2D eigenvalue weighted by atomic mass is 10.3. The molecule has 0 aromatic heterocycles. The second-order valence-corrected chi connectivity index (χ2v) is 5.25. The molecular weight excluding hydrogens is 225 g/mol. The number of rotatable bonds is 4. The first-order valence-corrected chi connectivity index (χ1v) is 5.26. The Morgan fingerprint density at radius 2 is 1.86 bits per heavy atom. The molecule has 0 saturated carbocycles. The van der Waals surface area contributed by atoms with E-state index in [0.29, 0.717) is 0 Å². The maximum atomic E-state index is 11.7. The summed E-state index contributed by atoms with van der Waals surface area (Å²) < 4.78 is 57.0. The third-order valence-electron chi connectivity index (χ3n) is 1.44. The molecule has 1 unspecified atom stereocenters. The molecule has 1 atom stereocenters. The smallest absolute Gasteiger partial charge is 0.402 e. The average molecular weight is 234 g/mol. The lowest BCUT2D eigenvalue weighted by Gasteiger charge is -2.12. The fourth-order valence-corrected chi connectivity index (χ4v) is 1.88. The van der Waals surface area contributed by atoms with Gasteiger partial charge in [-0.3, -0.25) is 4.79 Å². The van der Waals surface area contributed by atoms with Gasteiger partial charge in [0.2, 0.25) is 0 Å². The summed E-state index contributed by atoms with van der Waals surface area (Å²) >= 11 is 0. The topological polar surface area (TPSA) is 71.4 Å². The molecule has 0 fully saturated rings. The van der Waals surface area contributed by atoms with Gasteiger partial charge in [-0.25, -0.2) is 8.42 Å². The summed E-state index contributed by atoms with van der Waals surface area (Å²) in [5.74, 6) is -3.42. The number of carboxylic acids is 1. The Bertz CT molecular complexity index is 306. The Morgan fingerprint density at radius 1 is 1.43 bits per heavy atom. The van der Waals surface area contributed by atoms with Gasteiger partial charge in [-0.1, -0.05) is 0 Å². The number of hydrogen-bond acceptors (Lipinski definition) is 3. The maximum Gasteiger partial charge on any atom is 0.402 e. The summed E-state index contributed by atoms with van der Waals surface area (Å²) in [4.78, 5) is 10.1. The molecule has 0 aromatic rings. The molecule has 14 heavy (non-hydrogen) atoms. The Kier molecular flexibility index (Phi) is 3.92. The fourth-order valence-electron chi connectivity index (χ4n) is 0.743. The molecule has 0 aromatic carbocycles. The number of halogens is 3. The van der Waals surface area contributed by atoms with Crippen molar-refractivity contribution < 1.29 is 31.5 Å². The van der Waals surface area contributed by atoms with E-state index < -0.39 is 39.4 Å². The second-order valence-electron chi connectivity index (χ2n) is 2.83. The zero-order valence-electron chi connectivity index (χ0n) is 7.21. The van der Waals surface area contributed by atoms with Crippen LogP contribution in [0.3, 0.4) is 0 Å². The molecular formula is C6H9F3O4S. The third kappa shape index (κ3) is 5.05. The predicted octanol–water partition coefficient (Wildman–Crippen LogP) is 0.827. The fraction of sp³-hybridized carbons (Fsp3) is 0.833. The number of alkyl halides is 3. The number of aliphatic carboxylic acids is 1. The van der Waals surface area contributed by atoms with Gasteiger partial charge in [-0.15, -0.1) is 0 Å². The highest BCUT2D eigenvalue weighted by atomic mass is 32.2. The molecule has 1 N–H and O–H groups in total. The van der Waals surface area contributed by atoms with Crippen molar-refractivity contribution in [2.45, 2.75) is 24.8 Å². The van der Waals surface area contributed by atoms with Crippen molar-refractivity contribution in [1.82, 2.24) is 0 Å². The van der Waals surface area contributed by atoms with Crippen molar-refractivity contribution in [2.24, 2.45) is 0 Å². The molecule has 0 radical (unpaired) electrons. The van der Waals surface area contributed by atoms with Gasteiger partial charge in [0.05, 0.1) is 11.7 Å². The minimum Gasteiger partial charge on any atom is -0.481 e. The molecule has 0 bridgehead atoms. The summed E-state index contributed by atoms with van der Waals surface area (Å²) in [6.07, 6.45) is -5.65. The number of hydrogen-bond donors (Lipinski definition) is 1. The quantitative estimate of drug-likeness (QED) is 0.781. The Hall–Kier alpha value is -0.790. The van der Waals surface area contributed by atoms with Crippen LogP contribution < -0.4 is 0 Å². The van der Waals surface area contributed by atoms with E-state index in [2.05, 4.69) is 0 Å². The van der Waals surface area contributed by atoms with Crippen molar-refractivity contribution in [1.29, 1.82) is 0 Å². The average Bonchev–Trinajstić information content (AvgIpc) is 1.78. The van der Waals surface area contributed by atoms with Gasteiger partial charge in [-0.05, 0) is 6.92 Å². The Morgan fingerprint density at radius 3 is 2.14 bits per heavy atom. The van der Waals surface area contributed by atoms with Crippen LogP contribution in [-0.4, -0.2) is 36.7 Å². The molecule has 0 heterocycles. The van der Waals surface area contributed by atoms with Gasteiger partial charge in [0.15, 0.2) is 9.84 Å². The molecule has 0 aliphatic rings. The SMILES string of the molecule is CC(CC(=O)O)S(=O)(=O)CC(F)(F)F. The molecule has 8 heteroatoms. The Labute approximate surface area is 78.6 Å². The van der Waals surface area contributed by atoms with Gasteiger partial charge in [0.25, 0.3) is 0 Å². The van der Waals surface area contributed by atoms with E-state index in [0.717, 1.165) is 6.92 Å². The molecule has 84 valence electrons. The normalized spacial score (nSPS) is 15.1. The Balaban J connectivity index is 4.56. The number of carbonyl (C=O) groups is 1. The van der Waals surface area contributed by atoms with Gasteiger partial charge < -0.3 is 5.11 Å². The first kappa shape index (κ1) is 13.2. The molecule has 0 aliphatic carbocycles. The first-order chi connectivity index (χ1) is 6.04. The van der Waals surface area contributed by atoms with Crippen LogP contribution in [0.5, 0.6) is 0 Å². The predicted molar refractivity (Wildman–Crippen MR) is 41.6 cm³/mol. The van der Waals surface area contributed by atoms with E-state index in [1.165, 1.54) is 0 Å². The minimum absolute atomic E-state index is 0.821. The van der Waals surface area contributed by atoms with E-state index in [1.807, 2.05) is 0 Å². The highest BCUT2D eigenvalue weighted by molar-refractivity contribution is 7.92. The van der Waals surface area contributed by atoms with Crippen LogP contribution in [0.15, 0.2) is 0 Å². The van der Waals surface area contributed by atoms with E-state index in [1.54, 1.807) is 0 Å². The highest BCUT2D eigenvalue weighted by Crippen LogP contribution is 2.20. The lowest BCUT2D eigenvalue weighted by molar-refractivity contribution is -0.137. The monoisotopic (exact) mass is 234 g/mol. The van der Waals surface area contributed by atoms with Gasteiger partial charge >= 0.3 is 12.1 Å². The third-order valence-corrected chi connectivity index (χ3v) is 3.56. The first-order valence-electron chi connectivity index (χ1n) is 3.55. The molecule has 0 aliphatic heterocycles. The molecule has 0 rings (SSSR count). The van der Waals surface area contributed by atoms with Crippen LogP contribution in [0.2, 0.25) is 0 Å². The standard InChI is InChI=1S/C6H9F3O4S/c1-4(2-5(10)11)14(12,13)3-6(7,8)9/h4H,2-3H2,1H3,(H,10,11). The molecule has 0 spiro atoms. The highest BCUT2D eigenvalue weighted by Gasteiger charge is 2.38. The zero-order chi connectivity index (χ0) is 11.6. The van der Waals surface area contributed by atoms with Crippen molar-refractivity contribution in [3.8, 4) is 0 Å². The van der Waals surface area contributed by atoms with Crippen LogP contribution in [0.4, 0.5) is 13.2 Å². The van der Waals surface area contributed by atoms with Crippen molar-refractivity contribution >= 4 is 15.8 Å². The summed E-state index contributed by atoms with van der Waals surface area (Å²) in [7, 11) is -4.42. The van der Waals surface area contributed by atoms with E-state index >= 15 is 0 Å². The van der Waals surface area contributed by atoms with E-state index in [-0.39, 0.29) is 0 Å². The van der Waals surface area contributed by atoms with Gasteiger partial charge in [0.1, 0.15) is 5.75 Å². The zero-order valence-corrected chi connectivity index (χ0v) is 8.02. The van der Waals surface area contributed by atoms with Gasteiger partial charge in [0, 0.05) is 0 Å². The summed E-state index contributed by atoms with van der Waals surface area (Å²) in [6, 6.07) is 0. The molecule has 0 saturated heterocycles. The lowest BCUT2D eigenvalue weighted by Crippen LogP contribution is -2.31. The van der Waals surface area contributed by atoms with Crippen LogP contribution in [0.1, 0.15) is 13.3 Å². The largest absolute Gasteiger partial charge is 0.481 e. The minimum atomic E-state index is -4.83. The van der Waals surface area contributed by atoms with Crippen LogP contribution in [-0.2, 0) is 14.6 Å². The summed E-state index contributed by atoms with van der Waals surface area (Å²) in [5.41, 5.74) is 0. The van der Waals surface area contributed by atoms with Crippen molar-refractivity contribution in [3.05, 3.63) is 0 Å². The summed E-state index contributed by atoms with van der Waals surface area (Å²) in [5, 5.41) is 6.67. The second kappa shape index (κ2) is 4.16. The van der Waals surface area contributed by atoms with Crippen LogP contribution in [0, 0.1) is 0 Å². The van der Waals surface area contributed by atoms with Crippen molar-refractivity contribution in [2.75, 3.05) is 5.75 Å². The van der Waals surface area contributed by atoms with E-state index in [4.69, 9.17) is 5.11 Å². The number of carboxylic acid groups (broad SMARTS) is 1. The van der Waals surface area contributed by atoms with Crippen molar-refractivity contribution in [3.63, 3.8) is 0 Å². The molecule has 0 amide bonds.